The molecule has 102 valence electrons. The molecule has 1 aromatic carbocycles. The number of ether oxygens (including phenoxy) is 1. The monoisotopic (exact) mass is 258 g/mol. The molecule has 19 heavy (non-hydrogen) atoms. The molecule has 0 saturated heterocycles. The summed E-state index contributed by atoms with van der Waals surface area (Å²) in [5.74, 6) is 0.912. The van der Waals surface area contributed by atoms with Gasteiger partial charge in [0.15, 0.2) is 0 Å². The van der Waals surface area contributed by atoms with Crippen molar-refractivity contribution in [1.29, 1.82) is 0 Å². The minimum Gasteiger partial charge on any atom is -0.489 e. The smallest absolute Gasteiger partial charge is 0.129 e. The Balaban J connectivity index is 1.97. The van der Waals surface area contributed by atoms with E-state index >= 15 is 0 Å². The topological polar surface area (TPSA) is 34.1 Å². The van der Waals surface area contributed by atoms with Crippen molar-refractivity contribution in [2.24, 2.45) is 0 Å². The Hall–Kier alpha value is -1.61. The van der Waals surface area contributed by atoms with Crippen molar-refractivity contribution >= 4 is 10.9 Å². The summed E-state index contributed by atoms with van der Waals surface area (Å²) in [5.41, 5.74) is 0.978. The summed E-state index contributed by atoms with van der Waals surface area (Å²) in [7, 11) is 0. The first kappa shape index (κ1) is 13.8. The number of rotatable bonds is 7. The molecule has 0 aliphatic carbocycles. The first-order chi connectivity index (χ1) is 9.31. The number of nitrogens with zero attached hydrogens (tertiary/aromatic N) is 1. The van der Waals surface area contributed by atoms with E-state index in [0.29, 0.717) is 0 Å². The van der Waals surface area contributed by atoms with Crippen molar-refractivity contribution in [3.8, 4) is 5.75 Å². The fourth-order valence-electron chi connectivity index (χ4n) is 2.04. The molecule has 0 spiro atoms. The summed E-state index contributed by atoms with van der Waals surface area (Å²) in [4.78, 5) is 4.34. The van der Waals surface area contributed by atoms with E-state index in [-0.39, 0.29) is 6.10 Å². The molecule has 1 aromatic heterocycles. The Bertz CT molecular complexity index is 508. The van der Waals surface area contributed by atoms with E-state index in [1.54, 1.807) is 0 Å². The highest BCUT2D eigenvalue weighted by Gasteiger charge is 2.07. The quantitative estimate of drug-likeness (QED) is 0.773. The summed E-state index contributed by atoms with van der Waals surface area (Å²) >= 11 is 0. The molecular formula is C16H22N2O. The summed E-state index contributed by atoms with van der Waals surface area (Å²) < 4.78 is 6.01. The van der Waals surface area contributed by atoms with Gasteiger partial charge in [0.25, 0.3) is 0 Å². The highest BCUT2D eigenvalue weighted by atomic mass is 16.5. The number of nitrogens with one attached hydrogen (secondary N) is 1. The van der Waals surface area contributed by atoms with Crippen LogP contribution in [0.3, 0.4) is 0 Å². The van der Waals surface area contributed by atoms with Gasteiger partial charge in [-0.3, -0.25) is 4.98 Å². The van der Waals surface area contributed by atoms with E-state index in [0.717, 1.165) is 29.7 Å². The van der Waals surface area contributed by atoms with Crippen molar-refractivity contribution in [3.05, 3.63) is 36.5 Å². The maximum atomic E-state index is 6.01. The highest BCUT2D eigenvalue weighted by Crippen LogP contribution is 2.24. The third-order valence-electron chi connectivity index (χ3n) is 3.07. The average Bonchev–Trinajstić information content (AvgIpc) is 2.44. The molecule has 0 fully saturated rings. The summed E-state index contributed by atoms with van der Waals surface area (Å²) in [6.07, 6.45) is 4.40. The molecule has 0 aliphatic heterocycles. The zero-order chi connectivity index (χ0) is 13.5. The van der Waals surface area contributed by atoms with Crippen LogP contribution < -0.4 is 10.1 Å². The van der Waals surface area contributed by atoms with Gasteiger partial charge in [0.2, 0.25) is 0 Å². The van der Waals surface area contributed by atoms with Crippen molar-refractivity contribution in [2.45, 2.75) is 32.8 Å². The fourth-order valence-corrected chi connectivity index (χ4v) is 2.04. The van der Waals surface area contributed by atoms with Crippen LogP contribution >= 0.6 is 0 Å². The molecule has 1 unspecified atom stereocenters. The van der Waals surface area contributed by atoms with Gasteiger partial charge >= 0.3 is 0 Å². The third kappa shape index (κ3) is 3.93. The number of fused-ring (bicyclic) bond motifs is 1. The molecule has 2 rings (SSSR count). The normalized spacial score (nSPS) is 12.5. The molecule has 0 radical (unpaired) electrons. The van der Waals surface area contributed by atoms with Crippen LogP contribution in [-0.2, 0) is 0 Å². The van der Waals surface area contributed by atoms with Crippen molar-refractivity contribution in [3.63, 3.8) is 0 Å². The van der Waals surface area contributed by atoms with Gasteiger partial charge in [-0.05, 0) is 44.2 Å². The zero-order valence-electron chi connectivity index (χ0n) is 11.7. The Kier molecular flexibility index (Phi) is 5.16. The van der Waals surface area contributed by atoms with Crippen molar-refractivity contribution in [2.75, 3.05) is 13.1 Å². The van der Waals surface area contributed by atoms with Gasteiger partial charge in [-0.25, -0.2) is 0 Å². The first-order valence-electron chi connectivity index (χ1n) is 7.02. The van der Waals surface area contributed by atoms with E-state index < -0.39 is 0 Å². The Labute approximate surface area is 115 Å². The van der Waals surface area contributed by atoms with E-state index in [1.807, 2.05) is 30.5 Å². The second-order valence-electron chi connectivity index (χ2n) is 4.81. The van der Waals surface area contributed by atoms with E-state index in [9.17, 15) is 0 Å². The SMILES string of the molecule is CCCCNCC(C)Oc1cccc2ncccc12. The Morgan fingerprint density at radius 2 is 2.16 bits per heavy atom. The lowest BCUT2D eigenvalue weighted by Crippen LogP contribution is -2.29. The molecular weight excluding hydrogens is 236 g/mol. The van der Waals surface area contributed by atoms with Gasteiger partial charge in [0, 0.05) is 18.1 Å². The van der Waals surface area contributed by atoms with Crippen LogP contribution in [0.5, 0.6) is 5.75 Å². The van der Waals surface area contributed by atoms with Crippen LogP contribution in [0.15, 0.2) is 36.5 Å². The van der Waals surface area contributed by atoms with Crippen molar-refractivity contribution in [1.82, 2.24) is 10.3 Å². The number of benzene rings is 1. The van der Waals surface area contributed by atoms with Gasteiger partial charge in [-0.2, -0.15) is 0 Å². The predicted octanol–water partition coefficient (Wildman–Crippen LogP) is 3.39. The van der Waals surface area contributed by atoms with Crippen LogP contribution in [0.4, 0.5) is 0 Å². The van der Waals surface area contributed by atoms with E-state index in [1.165, 1.54) is 12.8 Å². The molecule has 1 atom stereocenters. The van der Waals surface area contributed by atoms with Crippen LogP contribution in [-0.4, -0.2) is 24.2 Å². The number of hydrogen-bond acceptors (Lipinski definition) is 3. The van der Waals surface area contributed by atoms with Crippen LogP contribution in [0.2, 0.25) is 0 Å². The molecule has 3 nitrogen and oxygen atoms in total. The minimum absolute atomic E-state index is 0.155. The van der Waals surface area contributed by atoms with Crippen LogP contribution in [0.25, 0.3) is 10.9 Å². The highest BCUT2D eigenvalue weighted by molar-refractivity contribution is 5.84. The third-order valence-corrected chi connectivity index (χ3v) is 3.07. The lowest BCUT2D eigenvalue weighted by atomic mass is 10.2. The van der Waals surface area contributed by atoms with Crippen LogP contribution in [0, 0.1) is 0 Å². The lowest BCUT2D eigenvalue weighted by molar-refractivity contribution is 0.220. The molecule has 0 aliphatic rings. The number of hydrogen-bond donors (Lipinski definition) is 1. The Morgan fingerprint density at radius 1 is 1.26 bits per heavy atom. The number of unbranched alkanes of at least 4 members (excludes halogenated alkanes) is 1. The number of pyridine rings is 1. The van der Waals surface area contributed by atoms with Gasteiger partial charge in [-0.1, -0.05) is 19.4 Å². The standard InChI is InChI=1S/C16H22N2O/c1-3-4-10-17-12-13(2)19-16-9-5-8-15-14(16)7-6-11-18-15/h5-9,11,13,17H,3-4,10,12H2,1-2H3. The van der Waals surface area contributed by atoms with E-state index in [4.69, 9.17) is 4.74 Å². The largest absolute Gasteiger partial charge is 0.489 e. The van der Waals surface area contributed by atoms with Gasteiger partial charge in [0.1, 0.15) is 11.9 Å². The minimum atomic E-state index is 0.155. The van der Waals surface area contributed by atoms with Gasteiger partial charge in [0.05, 0.1) is 5.52 Å². The molecule has 0 amide bonds. The summed E-state index contributed by atoms with van der Waals surface area (Å²) in [6.45, 7) is 6.22. The van der Waals surface area contributed by atoms with E-state index in [2.05, 4.69) is 30.2 Å². The molecule has 0 bridgehead atoms. The molecule has 0 saturated carbocycles. The fraction of sp³-hybridized carbons (Fsp3) is 0.438. The number of aromatic nitrogens is 1. The maximum Gasteiger partial charge on any atom is 0.129 e. The molecule has 1 heterocycles. The van der Waals surface area contributed by atoms with Crippen LogP contribution in [0.1, 0.15) is 26.7 Å². The lowest BCUT2D eigenvalue weighted by Gasteiger charge is -2.16. The Morgan fingerprint density at radius 3 is 3.00 bits per heavy atom. The van der Waals surface area contributed by atoms with Crippen molar-refractivity contribution < 1.29 is 4.74 Å². The average molecular weight is 258 g/mol. The predicted molar refractivity (Wildman–Crippen MR) is 79.6 cm³/mol. The summed E-state index contributed by atoms with van der Waals surface area (Å²) in [6, 6.07) is 10.00. The summed E-state index contributed by atoms with van der Waals surface area (Å²) in [5, 5.41) is 4.49. The molecule has 3 heteroatoms. The van der Waals surface area contributed by atoms with Gasteiger partial charge < -0.3 is 10.1 Å². The first-order valence-corrected chi connectivity index (χ1v) is 7.02. The second-order valence-corrected chi connectivity index (χ2v) is 4.81. The second kappa shape index (κ2) is 7.10. The molecule has 1 N–H and O–H groups in total. The molecule has 2 aromatic rings. The maximum absolute atomic E-state index is 6.01. The zero-order valence-corrected chi connectivity index (χ0v) is 11.7. The van der Waals surface area contributed by atoms with Gasteiger partial charge in [-0.15, -0.1) is 0 Å².